The van der Waals surface area contributed by atoms with Crippen LogP contribution in [-0.4, -0.2) is 49.1 Å². The van der Waals surface area contributed by atoms with Crippen molar-refractivity contribution >= 4 is 106 Å². The maximum absolute atomic E-state index is 12.7. The molecule has 0 saturated heterocycles. The molecule has 4 aromatic carbocycles. The Morgan fingerprint density at radius 1 is 0.778 bits per heavy atom. The number of aromatic carboxylic acids is 1. The lowest BCUT2D eigenvalue weighted by atomic mass is 10.1. The highest BCUT2D eigenvalue weighted by atomic mass is 35.5. The van der Waals surface area contributed by atoms with Crippen molar-refractivity contribution in [3.05, 3.63) is 104 Å². The molecule has 272 valence electrons. The van der Waals surface area contributed by atoms with Crippen molar-refractivity contribution in [2.45, 2.75) is 32.5 Å². The lowest BCUT2D eigenvalue weighted by molar-refractivity contribution is 0.0702. The number of carbonyl (C=O) groups is 3. The molecule has 0 spiro atoms. The lowest BCUT2D eigenvalue weighted by Crippen LogP contribution is -2.11. The molecule has 1 atom stereocenters. The molecule has 4 aromatic heterocycles. The molecule has 2 amide bonds. The van der Waals surface area contributed by atoms with Gasteiger partial charge in [-0.05, 0) is 74.0 Å². The number of hydrogen-bond donors (Lipinski definition) is 3. The van der Waals surface area contributed by atoms with E-state index in [9.17, 15) is 19.5 Å². The highest BCUT2D eigenvalue weighted by Crippen LogP contribution is 2.46. The Balaban J connectivity index is 1.30. The van der Waals surface area contributed by atoms with Gasteiger partial charge in [-0.3, -0.25) is 9.59 Å². The molecule has 0 aliphatic rings. The normalized spacial score (nSPS) is 12.4. The average Bonchev–Trinajstić information content (AvgIpc) is 3.91. The average molecular weight is 798 g/mol. The van der Waals surface area contributed by atoms with Crippen LogP contribution in [0.4, 0.5) is 0 Å². The summed E-state index contributed by atoms with van der Waals surface area (Å²) in [4.78, 5) is 48.1. The number of thiophene rings is 2. The van der Waals surface area contributed by atoms with E-state index in [0.29, 0.717) is 79.0 Å². The van der Waals surface area contributed by atoms with Crippen LogP contribution in [0.2, 0.25) is 10.0 Å². The number of carboxylic acids is 1. The van der Waals surface area contributed by atoms with Gasteiger partial charge in [0.25, 0.3) is 0 Å². The van der Waals surface area contributed by atoms with E-state index in [4.69, 9.17) is 49.4 Å². The summed E-state index contributed by atoms with van der Waals surface area (Å²) in [5, 5.41) is 12.8. The number of primary amides is 2. The number of imidazole rings is 2. The Bertz CT molecular complexity index is 2860. The lowest BCUT2D eigenvalue weighted by Gasteiger charge is -2.15. The number of fused-ring (bicyclic) bond motifs is 4. The van der Waals surface area contributed by atoms with Crippen LogP contribution in [0.25, 0.3) is 65.0 Å². The fraction of sp³-hybridized carbons (Fsp3) is 0.154. The summed E-state index contributed by atoms with van der Waals surface area (Å²) in [5.74, 6) is -1.23. The van der Waals surface area contributed by atoms with Gasteiger partial charge in [0.05, 0.1) is 38.8 Å². The third-order valence-electron chi connectivity index (χ3n) is 9.55. The molecule has 0 fully saturated rings. The number of carboxylic acid groups (broad SMARTS) is 1. The minimum atomic E-state index is -1.11. The second-order valence-electron chi connectivity index (χ2n) is 12.7. The van der Waals surface area contributed by atoms with Gasteiger partial charge in [0.1, 0.15) is 16.5 Å². The largest absolute Gasteiger partial charge is 0.477 e. The summed E-state index contributed by atoms with van der Waals surface area (Å²) in [6.07, 6.45) is 0.249. The molecule has 8 rings (SSSR count). The minimum Gasteiger partial charge on any atom is -0.477 e. The quantitative estimate of drug-likeness (QED) is 0.117. The molecule has 0 saturated carbocycles. The van der Waals surface area contributed by atoms with Crippen molar-refractivity contribution in [3.8, 4) is 22.8 Å². The molecule has 0 radical (unpaired) electrons. The number of nitrogens with two attached hydrogens (primary N) is 2. The van der Waals surface area contributed by atoms with Gasteiger partial charge in [-0.25, -0.2) is 14.8 Å². The maximum Gasteiger partial charge on any atom is 0.346 e. The number of rotatable bonds is 11. The second-order valence-corrected chi connectivity index (χ2v) is 15.7. The zero-order valence-corrected chi connectivity index (χ0v) is 31.9. The number of benzene rings is 4. The van der Waals surface area contributed by atoms with E-state index in [2.05, 4.69) is 4.57 Å². The molecule has 0 bridgehead atoms. The number of aromatic nitrogens is 4. The Morgan fingerprint density at radius 2 is 1.28 bits per heavy atom. The van der Waals surface area contributed by atoms with Crippen LogP contribution in [0.15, 0.2) is 72.8 Å². The fourth-order valence-electron chi connectivity index (χ4n) is 7.00. The minimum absolute atomic E-state index is 0.0962. The van der Waals surface area contributed by atoms with Crippen LogP contribution in [0.5, 0.6) is 0 Å². The first-order valence-corrected chi connectivity index (χ1v) is 19.1. The topological polar surface area (TPSA) is 168 Å². The first-order valence-electron chi connectivity index (χ1n) is 16.8. The second kappa shape index (κ2) is 13.8. The van der Waals surface area contributed by atoms with Crippen LogP contribution in [0.1, 0.15) is 54.7 Å². The highest BCUT2D eigenvalue weighted by molar-refractivity contribution is 7.21. The van der Waals surface area contributed by atoms with Gasteiger partial charge in [-0.15, -0.1) is 22.7 Å². The standard InChI is InChI=1S/C39H30Cl2N6O5S2/c1-18(52-2)33-31(29-21(40)6-3-8-27(29)53-33)37-44-23-16-19(35(42)48)10-12-25(23)46(37)14-5-15-47-26-13-11-20(36(43)49)17-24(26)45-38(47)32-30-22(41)7-4-9-28(30)54-34(32)39(50)51/h3-4,6-13,16-18H,5,14-15H2,1-2H3,(H2,42,48)(H2,43,49)(H,50,51). The van der Waals surface area contributed by atoms with Gasteiger partial charge >= 0.3 is 5.97 Å². The number of nitrogens with zero attached hydrogens (tertiary/aromatic N) is 4. The molecule has 0 aliphatic heterocycles. The van der Waals surface area contributed by atoms with Gasteiger partial charge in [-0.1, -0.05) is 35.3 Å². The smallest absolute Gasteiger partial charge is 0.346 e. The van der Waals surface area contributed by atoms with E-state index < -0.39 is 17.8 Å². The number of amides is 2. The first-order chi connectivity index (χ1) is 26.0. The summed E-state index contributed by atoms with van der Waals surface area (Å²) >= 11 is 16.3. The molecule has 8 aromatic rings. The predicted molar refractivity (Wildman–Crippen MR) is 215 cm³/mol. The Morgan fingerprint density at radius 3 is 1.78 bits per heavy atom. The van der Waals surface area contributed by atoms with Crippen LogP contribution in [0, 0.1) is 0 Å². The Hall–Kier alpha value is -5.31. The van der Waals surface area contributed by atoms with Crippen LogP contribution >= 0.6 is 45.9 Å². The number of ether oxygens (including phenoxy) is 1. The van der Waals surface area contributed by atoms with E-state index in [1.54, 1.807) is 60.9 Å². The molecular formula is C39H30Cl2N6O5S2. The number of halogens is 2. The van der Waals surface area contributed by atoms with Gasteiger partial charge in [0.15, 0.2) is 0 Å². The Labute approximate surface area is 325 Å². The molecule has 54 heavy (non-hydrogen) atoms. The van der Waals surface area contributed by atoms with E-state index >= 15 is 0 Å². The van der Waals surface area contributed by atoms with Crippen molar-refractivity contribution in [1.29, 1.82) is 0 Å². The van der Waals surface area contributed by atoms with Crippen molar-refractivity contribution in [3.63, 3.8) is 0 Å². The molecule has 11 nitrogen and oxygen atoms in total. The van der Waals surface area contributed by atoms with Crippen molar-refractivity contribution < 1.29 is 24.2 Å². The number of carbonyl (C=O) groups excluding carboxylic acids is 2. The zero-order valence-electron chi connectivity index (χ0n) is 28.7. The molecular weight excluding hydrogens is 768 g/mol. The fourth-order valence-corrected chi connectivity index (χ4v) is 9.97. The highest BCUT2D eigenvalue weighted by Gasteiger charge is 2.28. The van der Waals surface area contributed by atoms with Gasteiger partial charge < -0.3 is 30.4 Å². The summed E-state index contributed by atoms with van der Waals surface area (Å²) in [6, 6.07) is 21.3. The van der Waals surface area contributed by atoms with Crippen molar-refractivity contribution in [2.75, 3.05) is 7.11 Å². The number of aryl methyl sites for hydroxylation is 2. The molecule has 0 aliphatic carbocycles. The van der Waals surface area contributed by atoms with E-state index in [-0.39, 0.29) is 16.5 Å². The molecule has 1 unspecified atom stereocenters. The first kappa shape index (κ1) is 35.7. The monoisotopic (exact) mass is 796 g/mol. The maximum atomic E-state index is 12.7. The Kier molecular flexibility index (Phi) is 9.15. The van der Waals surface area contributed by atoms with Gasteiger partial charge in [0, 0.05) is 67.0 Å². The SMILES string of the molecule is COC(C)c1sc2cccc(Cl)c2c1-c1nc2cc(C(N)=O)ccc2n1CCCn1c(-c2c(C(=O)O)sc3cccc(Cl)c23)nc2cc(C(N)=O)ccc21. The van der Waals surface area contributed by atoms with E-state index in [0.717, 1.165) is 37.4 Å². The van der Waals surface area contributed by atoms with Gasteiger partial charge in [-0.2, -0.15) is 0 Å². The van der Waals surface area contributed by atoms with Crippen LogP contribution in [0.3, 0.4) is 0 Å². The predicted octanol–water partition coefficient (Wildman–Crippen LogP) is 9.15. The van der Waals surface area contributed by atoms with Crippen molar-refractivity contribution in [2.24, 2.45) is 11.5 Å². The number of hydrogen-bond acceptors (Lipinski definition) is 8. The van der Waals surface area contributed by atoms with E-state index in [1.165, 1.54) is 0 Å². The third kappa shape index (κ3) is 5.89. The molecule has 15 heteroatoms. The van der Waals surface area contributed by atoms with E-state index in [1.807, 2.05) is 41.8 Å². The number of methoxy groups -OCH3 is 1. The zero-order chi connectivity index (χ0) is 38.0. The summed E-state index contributed by atoms with van der Waals surface area (Å²) in [6.45, 7) is 2.80. The summed E-state index contributed by atoms with van der Waals surface area (Å²) in [5.41, 5.74) is 15.7. The third-order valence-corrected chi connectivity index (χ3v) is 12.6. The van der Waals surface area contributed by atoms with Crippen LogP contribution in [-0.2, 0) is 17.8 Å². The molecule has 5 N–H and O–H groups in total. The molecule has 4 heterocycles. The van der Waals surface area contributed by atoms with Gasteiger partial charge in [0.2, 0.25) is 11.8 Å². The summed E-state index contributed by atoms with van der Waals surface area (Å²) in [7, 11) is 1.65. The van der Waals surface area contributed by atoms with Crippen LogP contribution < -0.4 is 11.5 Å². The summed E-state index contributed by atoms with van der Waals surface area (Å²) < 4.78 is 11.6. The van der Waals surface area contributed by atoms with Crippen molar-refractivity contribution in [1.82, 2.24) is 19.1 Å².